The molecule has 162 valence electrons. The molecule has 1 N–H and O–H groups in total. The summed E-state index contributed by atoms with van der Waals surface area (Å²) >= 11 is 0. The zero-order valence-corrected chi connectivity index (χ0v) is 19.5. The maximum absolute atomic E-state index is 13.6. The summed E-state index contributed by atoms with van der Waals surface area (Å²) in [7, 11) is 0. The van der Waals surface area contributed by atoms with Gasteiger partial charge in [-0.3, -0.25) is 4.79 Å². The van der Waals surface area contributed by atoms with E-state index in [4.69, 9.17) is 0 Å². The van der Waals surface area contributed by atoms with Gasteiger partial charge in [0.25, 0.3) is 0 Å². The standard InChI is InChI=1S/C27H43NO/c1-6-12-23(13-7-2)28-24(29)26(5)17-21-16-25(4,8-3)19-27(18-21,20-26)22-14-10-9-11-15-22/h9-11,14-15,21,23H,6-8,12-13,16-20H2,1-5H3,(H,28,29). The Kier molecular flexibility index (Phi) is 6.81. The lowest BCUT2D eigenvalue weighted by Gasteiger charge is -2.57. The number of fused-ring (bicyclic) bond motifs is 2. The van der Waals surface area contributed by atoms with Crippen molar-refractivity contribution in [3.63, 3.8) is 0 Å². The molecule has 0 heterocycles. The highest BCUT2D eigenvalue weighted by atomic mass is 16.2. The topological polar surface area (TPSA) is 29.1 Å². The Labute approximate surface area is 179 Å². The van der Waals surface area contributed by atoms with Crippen molar-refractivity contribution in [1.29, 1.82) is 0 Å². The van der Waals surface area contributed by atoms with Crippen molar-refractivity contribution in [3.05, 3.63) is 35.9 Å². The van der Waals surface area contributed by atoms with E-state index < -0.39 is 0 Å². The van der Waals surface area contributed by atoms with Gasteiger partial charge in [0.1, 0.15) is 0 Å². The molecular formula is C27H43NO. The van der Waals surface area contributed by atoms with E-state index in [9.17, 15) is 4.79 Å². The first kappa shape index (κ1) is 22.4. The molecule has 0 radical (unpaired) electrons. The van der Waals surface area contributed by atoms with Crippen LogP contribution in [0.3, 0.4) is 0 Å². The number of amides is 1. The molecular weight excluding hydrogens is 354 g/mol. The first-order valence-electron chi connectivity index (χ1n) is 12.1. The summed E-state index contributed by atoms with van der Waals surface area (Å²) in [6, 6.07) is 11.5. The fraction of sp³-hybridized carbons (Fsp3) is 0.741. The van der Waals surface area contributed by atoms with E-state index in [1.807, 2.05) is 0 Å². The minimum atomic E-state index is -0.256. The van der Waals surface area contributed by atoms with Gasteiger partial charge in [0, 0.05) is 11.5 Å². The Bertz CT molecular complexity index is 679. The first-order chi connectivity index (χ1) is 13.8. The van der Waals surface area contributed by atoms with Gasteiger partial charge in [-0.1, -0.05) is 84.2 Å². The van der Waals surface area contributed by atoms with Gasteiger partial charge >= 0.3 is 0 Å². The predicted octanol–water partition coefficient (Wildman–Crippen LogP) is 7.03. The molecule has 4 unspecified atom stereocenters. The predicted molar refractivity (Wildman–Crippen MR) is 123 cm³/mol. The van der Waals surface area contributed by atoms with Gasteiger partial charge in [0.05, 0.1) is 0 Å². The summed E-state index contributed by atoms with van der Waals surface area (Å²) in [5, 5.41) is 3.48. The Morgan fingerprint density at radius 1 is 1.00 bits per heavy atom. The number of rotatable bonds is 8. The second-order valence-electron chi connectivity index (χ2n) is 11.0. The number of carbonyl (C=O) groups excluding carboxylic acids is 1. The number of hydrogen-bond acceptors (Lipinski definition) is 1. The Morgan fingerprint density at radius 2 is 1.66 bits per heavy atom. The second kappa shape index (κ2) is 8.82. The van der Waals surface area contributed by atoms with Crippen molar-refractivity contribution in [2.75, 3.05) is 0 Å². The summed E-state index contributed by atoms with van der Waals surface area (Å²) in [6.07, 6.45) is 11.5. The normalized spacial score (nSPS) is 34.2. The fourth-order valence-corrected chi connectivity index (χ4v) is 6.92. The lowest BCUT2D eigenvalue weighted by Crippen LogP contribution is -2.55. The summed E-state index contributed by atoms with van der Waals surface area (Å²) in [4.78, 5) is 13.6. The molecule has 2 saturated carbocycles. The van der Waals surface area contributed by atoms with E-state index in [0.717, 1.165) is 38.5 Å². The fourth-order valence-electron chi connectivity index (χ4n) is 6.92. The van der Waals surface area contributed by atoms with Crippen LogP contribution in [0.4, 0.5) is 0 Å². The Morgan fingerprint density at radius 3 is 2.24 bits per heavy atom. The molecule has 0 spiro atoms. The van der Waals surface area contributed by atoms with Crippen LogP contribution in [0.15, 0.2) is 30.3 Å². The number of hydrogen-bond donors (Lipinski definition) is 1. The van der Waals surface area contributed by atoms with Crippen LogP contribution in [0.2, 0.25) is 0 Å². The molecule has 2 heteroatoms. The molecule has 2 nitrogen and oxygen atoms in total. The van der Waals surface area contributed by atoms with Gasteiger partial charge in [0.2, 0.25) is 5.91 Å². The molecule has 2 bridgehead atoms. The van der Waals surface area contributed by atoms with Crippen LogP contribution in [0.1, 0.15) is 104 Å². The third-order valence-corrected chi connectivity index (χ3v) is 8.09. The molecule has 3 rings (SSSR count). The minimum absolute atomic E-state index is 0.143. The van der Waals surface area contributed by atoms with Crippen molar-refractivity contribution in [2.45, 2.75) is 110 Å². The van der Waals surface area contributed by atoms with Crippen molar-refractivity contribution < 1.29 is 4.79 Å². The highest BCUT2D eigenvalue weighted by Crippen LogP contribution is 2.61. The van der Waals surface area contributed by atoms with E-state index in [-0.39, 0.29) is 10.8 Å². The molecule has 2 fully saturated rings. The number of benzene rings is 1. The molecule has 0 saturated heterocycles. The van der Waals surface area contributed by atoms with Crippen molar-refractivity contribution >= 4 is 5.91 Å². The summed E-state index contributed by atoms with van der Waals surface area (Å²) < 4.78 is 0. The highest BCUT2D eigenvalue weighted by Gasteiger charge is 2.56. The van der Waals surface area contributed by atoms with E-state index >= 15 is 0 Å². The lowest BCUT2D eigenvalue weighted by molar-refractivity contribution is -0.138. The average molecular weight is 398 g/mol. The van der Waals surface area contributed by atoms with Crippen molar-refractivity contribution in [3.8, 4) is 0 Å². The molecule has 29 heavy (non-hydrogen) atoms. The van der Waals surface area contributed by atoms with Crippen LogP contribution < -0.4 is 5.32 Å². The minimum Gasteiger partial charge on any atom is -0.353 e. The molecule has 1 aromatic carbocycles. The zero-order valence-electron chi connectivity index (χ0n) is 19.5. The molecule has 1 amide bonds. The van der Waals surface area contributed by atoms with Crippen LogP contribution in [0.25, 0.3) is 0 Å². The van der Waals surface area contributed by atoms with Crippen LogP contribution in [-0.2, 0) is 10.2 Å². The molecule has 2 aliphatic rings. The first-order valence-corrected chi connectivity index (χ1v) is 12.1. The van der Waals surface area contributed by atoms with Crippen LogP contribution in [0.5, 0.6) is 0 Å². The van der Waals surface area contributed by atoms with Gasteiger partial charge in [-0.15, -0.1) is 0 Å². The molecule has 0 aliphatic heterocycles. The maximum atomic E-state index is 13.6. The van der Waals surface area contributed by atoms with Gasteiger partial charge in [-0.2, -0.15) is 0 Å². The number of carbonyl (C=O) groups is 1. The third kappa shape index (κ3) is 4.72. The van der Waals surface area contributed by atoms with Crippen LogP contribution >= 0.6 is 0 Å². The SMILES string of the molecule is CCCC(CCC)NC(=O)C1(C)CC2CC(C)(CC)CC(c3ccccc3)(C2)C1. The van der Waals surface area contributed by atoms with Crippen LogP contribution in [0, 0.1) is 16.7 Å². The quantitative estimate of drug-likeness (QED) is 0.501. The second-order valence-corrected chi connectivity index (χ2v) is 11.0. The summed E-state index contributed by atoms with van der Waals surface area (Å²) in [5.74, 6) is 0.962. The van der Waals surface area contributed by atoms with Gasteiger partial charge in [-0.25, -0.2) is 0 Å². The number of nitrogens with one attached hydrogen (secondary N) is 1. The van der Waals surface area contributed by atoms with Crippen molar-refractivity contribution in [1.82, 2.24) is 5.32 Å². The van der Waals surface area contributed by atoms with E-state index in [2.05, 4.69) is 70.3 Å². The highest BCUT2D eigenvalue weighted by molar-refractivity contribution is 5.83. The van der Waals surface area contributed by atoms with Crippen LogP contribution in [-0.4, -0.2) is 11.9 Å². The molecule has 1 aromatic rings. The van der Waals surface area contributed by atoms with Gasteiger partial charge < -0.3 is 5.32 Å². The molecule has 0 aromatic heterocycles. The average Bonchev–Trinajstić information content (AvgIpc) is 2.68. The van der Waals surface area contributed by atoms with Gasteiger partial charge in [-0.05, 0) is 67.3 Å². The Hall–Kier alpha value is -1.31. The van der Waals surface area contributed by atoms with E-state index in [1.54, 1.807) is 0 Å². The van der Waals surface area contributed by atoms with Gasteiger partial charge in [0.15, 0.2) is 0 Å². The van der Waals surface area contributed by atoms with Crippen molar-refractivity contribution in [2.24, 2.45) is 16.7 Å². The Balaban J connectivity index is 1.90. The monoisotopic (exact) mass is 397 g/mol. The smallest absolute Gasteiger partial charge is 0.226 e. The largest absolute Gasteiger partial charge is 0.353 e. The lowest BCUT2D eigenvalue weighted by atomic mass is 9.47. The molecule has 2 aliphatic carbocycles. The molecule has 4 atom stereocenters. The summed E-state index contributed by atoms with van der Waals surface area (Å²) in [5.41, 5.74) is 1.74. The van der Waals surface area contributed by atoms with E-state index in [0.29, 0.717) is 23.3 Å². The summed E-state index contributed by atoms with van der Waals surface area (Å²) in [6.45, 7) is 11.5. The zero-order chi connectivity index (χ0) is 21.1. The third-order valence-electron chi connectivity index (χ3n) is 8.09. The maximum Gasteiger partial charge on any atom is 0.226 e. The van der Waals surface area contributed by atoms with E-state index in [1.165, 1.54) is 31.2 Å².